The molecule has 25 heavy (non-hydrogen) atoms. The molecule has 0 unspecified atom stereocenters. The van der Waals surface area contributed by atoms with E-state index in [4.69, 9.17) is 0 Å². The van der Waals surface area contributed by atoms with E-state index in [1.165, 1.54) is 11.3 Å². The smallest absolute Gasteiger partial charge is 0.226 e. The minimum atomic E-state index is 0.00275. The van der Waals surface area contributed by atoms with Gasteiger partial charge in [-0.25, -0.2) is 14.5 Å². The number of nitrogens with one attached hydrogen (secondary N) is 1. The predicted molar refractivity (Wildman–Crippen MR) is 98.3 cm³/mol. The lowest BCUT2D eigenvalue weighted by Gasteiger charge is -2.10. The molecule has 3 heterocycles. The number of aryl methyl sites for hydroxylation is 5. The number of nitrogens with zero attached hydrogens (tertiary/aromatic N) is 4. The van der Waals surface area contributed by atoms with Gasteiger partial charge in [0.05, 0.1) is 11.4 Å². The number of rotatable bonds is 4. The second kappa shape index (κ2) is 6.22. The van der Waals surface area contributed by atoms with Crippen LogP contribution < -0.4 is 5.32 Å². The molecule has 1 aliphatic carbocycles. The number of fused-ring (bicyclic) bond motifs is 2. The van der Waals surface area contributed by atoms with E-state index in [2.05, 4.69) is 20.4 Å². The highest BCUT2D eigenvalue weighted by Gasteiger charge is 2.18. The first-order valence-corrected chi connectivity index (χ1v) is 9.44. The molecule has 4 rings (SSSR count). The molecule has 130 valence electrons. The Morgan fingerprint density at radius 2 is 2.12 bits per heavy atom. The zero-order valence-corrected chi connectivity index (χ0v) is 15.5. The van der Waals surface area contributed by atoms with Crippen LogP contribution in [0, 0.1) is 20.8 Å². The molecule has 0 saturated carbocycles. The lowest BCUT2D eigenvalue weighted by atomic mass is 10.1. The summed E-state index contributed by atoms with van der Waals surface area (Å²) in [5.74, 6) is 0.00275. The lowest BCUT2D eigenvalue weighted by molar-refractivity contribution is -0.116. The number of amides is 1. The molecule has 0 saturated heterocycles. The van der Waals surface area contributed by atoms with Crippen molar-refractivity contribution >= 4 is 28.0 Å². The van der Waals surface area contributed by atoms with Gasteiger partial charge in [-0.3, -0.25) is 4.79 Å². The molecule has 0 aromatic carbocycles. The van der Waals surface area contributed by atoms with Crippen LogP contribution in [0.2, 0.25) is 0 Å². The Balaban J connectivity index is 1.46. The summed E-state index contributed by atoms with van der Waals surface area (Å²) in [7, 11) is 0. The van der Waals surface area contributed by atoms with Crippen LogP contribution in [-0.4, -0.2) is 25.5 Å². The Hall–Kier alpha value is -2.28. The summed E-state index contributed by atoms with van der Waals surface area (Å²) < 4.78 is 1.86. The minimum absolute atomic E-state index is 0.00275. The molecule has 7 heteroatoms. The van der Waals surface area contributed by atoms with Crippen molar-refractivity contribution < 1.29 is 4.79 Å². The first-order valence-electron chi connectivity index (χ1n) is 8.62. The van der Waals surface area contributed by atoms with Crippen LogP contribution in [0.1, 0.15) is 46.1 Å². The van der Waals surface area contributed by atoms with Crippen molar-refractivity contribution in [2.45, 2.75) is 52.9 Å². The van der Waals surface area contributed by atoms with Gasteiger partial charge < -0.3 is 5.32 Å². The average molecular weight is 355 g/mol. The second-order valence-corrected chi connectivity index (χ2v) is 7.69. The quantitative estimate of drug-likeness (QED) is 0.780. The molecule has 1 N–H and O–H groups in total. The van der Waals surface area contributed by atoms with E-state index >= 15 is 0 Å². The summed E-state index contributed by atoms with van der Waals surface area (Å²) in [6, 6.07) is 1.97. The fourth-order valence-electron chi connectivity index (χ4n) is 3.47. The van der Waals surface area contributed by atoms with E-state index in [0.29, 0.717) is 12.8 Å². The maximum atomic E-state index is 12.3. The van der Waals surface area contributed by atoms with Crippen molar-refractivity contribution in [1.82, 2.24) is 19.6 Å². The molecule has 1 aliphatic rings. The third kappa shape index (κ3) is 3.04. The Kier molecular flexibility index (Phi) is 4.03. The Morgan fingerprint density at radius 3 is 2.92 bits per heavy atom. The Labute approximate surface area is 150 Å². The standard InChI is InChI=1S/C18H21N5OS/c1-10-9-16-19-11(2)13(12(3)23(16)22-10)7-8-17(24)21-18-20-14-5-4-6-15(14)25-18/h9H,4-8H2,1-3H3,(H,20,21,24). The molecule has 1 amide bonds. The normalized spacial score (nSPS) is 13.4. The van der Waals surface area contributed by atoms with Crippen molar-refractivity contribution in [2.24, 2.45) is 0 Å². The van der Waals surface area contributed by atoms with E-state index < -0.39 is 0 Å². The summed E-state index contributed by atoms with van der Waals surface area (Å²) in [5.41, 5.74) is 6.07. The molecule has 0 atom stereocenters. The van der Waals surface area contributed by atoms with Crippen LogP contribution in [0.5, 0.6) is 0 Å². The molecule has 6 nitrogen and oxygen atoms in total. The summed E-state index contributed by atoms with van der Waals surface area (Å²) in [6.45, 7) is 5.99. The van der Waals surface area contributed by atoms with Crippen molar-refractivity contribution in [3.8, 4) is 0 Å². The molecule has 0 radical (unpaired) electrons. The Bertz CT molecular complexity index is 950. The number of hydrogen-bond donors (Lipinski definition) is 1. The largest absolute Gasteiger partial charge is 0.302 e. The predicted octanol–water partition coefficient (Wildman–Crippen LogP) is 3.17. The van der Waals surface area contributed by atoms with E-state index in [9.17, 15) is 4.79 Å². The van der Waals surface area contributed by atoms with Crippen molar-refractivity contribution in [3.05, 3.63) is 39.3 Å². The lowest BCUT2D eigenvalue weighted by Crippen LogP contribution is -2.14. The zero-order valence-electron chi connectivity index (χ0n) is 14.7. The number of aromatic nitrogens is 4. The highest BCUT2D eigenvalue weighted by atomic mass is 32.1. The number of carbonyl (C=O) groups is 1. The van der Waals surface area contributed by atoms with Gasteiger partial charge in [0.25, 0.3) is 0 Å². The van der Waals surface area contributed by atoms with E-state index in [1.807, 2.05) is 31.4 Å². The van der Waals surface area contributed by atoms with Crippen LogP contribution in [0.15, 0.2) is 6.07 Å². The van der Waals surface area contributed by atoms with Gasteiger partial charge >= 0.3 is 0 Å². The number of thiazole rings is 1. The molecular formula is C18H21N5OS. The topological polar surface area (TPSA) is 72.2 Å². The van der Waals surface area contributed by atoms with Gasteiger partial charge in [0.15, 0.2) is 10.8 Å². The van der Waals surface area contributed by atoms with Crippen molar-refractivity contribution in [2.75, 3.05) is 5.32 Å². The molecule has 0 bridgehead atoms. The molecular weight excluding hydrogens is 334 g/mol. The van der Waals surface area contributed by atoms with Gasteiger partial charge in [-0.1, -0.05) is 0 Å². The van der Waals surface area contributed by atoms with E-state index in [0.717, 1.165) is 52.0 Å². The minimum Gasteiger partial charge on any atom is -0.302 e. The second-order valence-electron chi connectivity index (χ2n) is 6.61. The third-order valence-electron chi connectivity index (χ3n) is 4.73. The monoisotopic (exact) mass is 355 g/mol. The summed E-state index contributed by atoms with van der Waals surface area (Å²) in [6.07, 6.45) is 4.38. The SMILES string of the molecule is Cc1cc2nc(C)c(CCC(=O)Nc3nc4c(s3)CCC4)c(C)n2n1. The highest BCUT2D eigenvalue weighted by molar-refractivity contribution is 7.15. The number of hydrogen-bond acceptors (Lipinski definition) is 5. The molecule has 3 aromatic rings. The van der Waals surface area contributed by atoms with Gasteiger partial charge in [-0.2, -0.15) is 5.10 Å². The molecule has 3 aromatic heterocycles. The van der Waals surface area contributed by atoms with Crippen molar-refractivity contribution in [1.29, 1.82) is 0 Å². The molecule has 0 fully saturated rings. The maximum absolute atomic E-state index is 12.3. The number of anilines is 1. The first-order chi connectivity index (χ1) is 12.0. The highest BCUT2D eigenvalue weighted by Crippen LogP contribution is 2.30. The summed E-state index contributed by atoms with van der Waals surface area (Å²) in [4.78, 5) is 22.8. The van der Waals surface area contributed by atoms with Gasteiger partial charge in [-0.05, 0) is 52.0 Å². The van der Waals surface area contributed by atoms with Gasteiger partial charge in [0.2, 0.25) is 5.91 Å². The third-order valence-corrected chi connectivity index (χ3v) is 5.80. The van der Waals surface area contributed by atoms with Crippen molar-refractivity contribution in [3.63, 3.8) is 0 Å². The fraction of sp³-hybridized carbons (Fsp3) is 0.444. The zero-order chi connectivity index (χ0) is 17.6. The van der Waals surface area contributed by atoms with Gasteiger partial charge in [0, 0.05) is 28.8 Å². The number of carbonyl (C=O) groups excluding carboxylic acids is 1. The summed E-state index contributed by atoms with van der Waals surface area (Å²) >= 11 is 1.61. The first kappa shape index (κ1) is 16.2. The maximum Gasteiger partial charge on any atom is 0.226 e. The Morgan fingerprint density at radius 1 is 1.28 bits per heavy atom. The average Bonchev–Trinajstić information content (AvgIpc) is 3.21. The summed E-state index contributed by atoms with van der Waals surface area (Å²) in [5, 5.41) is 8.17. The fourth-order valence-corrected chi connectivity index (χ4v) is 4.53. The van der Waals surface area contributed by atoms with Gasteiger partial charge in [0.1, 0.15) is 0 Å². The van der Waals surface area contributed by atoms with Crippen LogP contribution in [0.3, 0.4) is 0 Å². The molecule has 0 aliphatic heterocycles. The van der Waals surface area contributed by atoms with Crippen LogP contribution in [0.4, 0.5) is 5.13 Å². The van der Waals surface area contributed by atoms with Gasteiger partial charge in [-0.15, -0.1) is 11.3 Å². The molecule has 0 spiro atoms. The van der Waals surface area contributed by atoms with Crippen LogP contribution in [0.25, 0.3) is 5.65 Å². The van der Waals surface area contributed by atoms with Crippen LogP contribution >= 0.6 is 11.3 Å². The van der Waals surface area contributed by atoms with Crippen LogP contribution in [-0.2, 0) is 24.1 Å². The van der Waals surface area contributed by atoms with E-state index in [-0.39, 0.29) is 5.91 Å². The van der Waals surface area contributed by atoms with E-state index in [1.54, 1.807) is 11.3 Å².